The van der Waals surface area contributed by atoms with E-state index in [1.54, 1.807) is 43.3 Å². The molecule has 0 unspecified atom stereocenters. The number of nitrogens with zero attached hydrogens (tertiary/aromatic N) is 1. The highest BCUT2D eigenvalue weighted by Gasteiger charge is 2.10. The van der Waals surface area contributed by atoms with Gasteiger partial charge in [-0.05, 0) is 42.3 Å². The normalized spacial score (nSPS) is 10.6. The predicted octanol–water partition coefficient (Wildman–Crippen LogP) is 3.16. The van der Waals surface area contributed by atoms with Crippen molar-refractivity contribution in [1.82, 2.24) is 10.7 Å². The van der Waals surface area contributed by atoms with Crippen LogP contribution in [-0.4, -0.2) is 24.6 Å². The number of hydrazone groups is 1. The number of hydrogen-bond acceptors (Lipinski definition) is 4. The maximum atomic E-state index is 11.4. The third-order valence-electron chi connectivity index (χ3n) is 3.17. The molecule has 0 radical (unpaired) electrons. The molecule has 0 saturated carbocycles. The number of nitrogens with one attached hydrogen (secondary N) is 2. The number of carbonyl (C=O) groups excluding carboxylic acids is 2. The molecule has 0 aromatic heterocycles. The number of carbonyl (C=O) groups is 2. The molecule has 6 nitrogen and oxygen atoms in total. The minimum absolute atomic E-state index is 0.325. The summed E-state index contributed by atoms with van der Waals surface area (Å²) in [5.41, 5.74) is 3.74. The Morgan fingerprint density at radius 3 is 2.65 bits per heavy atom. The fourth-order valence-corrected chi connectivity index (χ4v) is 2.26. The first-order valence-electron chi connectivity index (χ1n) is 7.77. The van der Waals surface area contributed by atoms with Gasteiger partial charge in [0.25, 0.3) is 0 Å². The highest BCUT2D eigenvalue weighted by Crippen LogP contribution is 2.23. The summed E-state index contributed by atoms with van der Waals surface area (Å²) in [6.07, 6.45) is 1.42. The zero-order chi connectivity index (χ0) is 18.9. The lowest BCUT2D eigenvalue weighted by molar-refractivity contribution is -0.139. The lowest BCUT2D eigenvalue weighted by Crippen LogP contribution is -2.37. The molecule has 0 heterocycles. The minimum Gasteiger partial charge on any atom is -0.489 e. The largest absolute Gasteiger partial charge is 0.489 e. The molecule has 0 fully saturated rings. The van der Waals surface area contributed by atoms with Crippen LogP contribution >= 0.6 is 23.2 Å². The van der Waals surface area contributed by atoms with Crippen molar-refractivity contribution in [1.29, 1.82) is 0 Å². The summed E-state index contributed by atoms with van der Waals surface area (Å²) in [6, 6.07) is 12.4. The number of ether oxygens (including phenoxy) is 1. The Bertz CT molecular complexity index is 825. The first-order valence-corrected chi connectivity index (χ1v) is 8.53. The van der Waals surface area contributed by atoms with Crippen LogP contribution in [0.4, 0.5) is 0 Å². The Kier molecular flexibility index (Phi) is 7.44. The SMILES string of the molecule is CCNC(=O)C(=O)N/N=C\c1cccc(OCc2ccc(Cl)c(Cl)c2)c1. The van der Waals surface area contributed by atoms with Crippen molar-refractivity contribution in [2.75, 3.05) is 6.54 Å². The van der Waals surface area contributed by atoms with Crippen LogP contribution in [0.2, 0.25) is 10.0 Å². The van der Waals surface area contributed by atoms with Gasteiger partial charge in [0.2, 0.25) is 0 Å². The molecule has 0 atom stereocenters. The minimum atomic E-state index is -0.824. The van der Waals surface area contributed by atoms with Crippen molar-refractivity contribution in [3.63, 3.8) is 0 Å². The first kappa shape index (κ1) is 19.8. The summed E-state index contributed by atoms with van der Waals surface area (Å²) < 4.78 is 5.71. The maximum Gasteiger partial charge on any atom is 0.329 e. The van der Waals surface area contributed by atoms with Gasteiger partial charge in [0.05, 0.1) is 16.3 Å². The molecule has 26 heavy (non-hydrogen) atoms. The van der Waals surface area contributed by atoms with Gasteiger partial charge in [0.15, 0.2) is 0 Å². The zero-order valence-electron chi connectivity index (χ0n) is 14.0. The van der Waals surface area contributed by atoms with Crippen molar-refractivity contribution in [3.05, 3.63) is 63.6 Å². The van der Waals surface area contributed by atoms with Crippen LogP contribution in [0.25, 0.3) is 0 Å². The van der Waals surface area contributed by atoms with Gasteiger partial charge in [-0.3, -0.25) is 9.59 Å². The van der Waals surface area contributed by atoms with Crippen LogP contribution in [-0.2, 0) is 16.2 Å². The van der Waals surface area contributed by atoms with E-state index in [0.29, 0.717) is 34.5 Å². The number of benzene rings is 2. The van der Waals surface area contributed by atoms with Gasteiger partial charge in [-0.1, -0.05) is 41.4 Å². The quantitative estimate of drug-likeness (QED) is 0.449. The van der Waals surface area contributed by atoms with E-state index in [9.17, 15) is 9.59 Å². The average molecular weight is 394 g/mol. The predicted molar refractivity (Wildman–Crippen MR) is 102 cm³/mol. The van der Waals surface area contributed by atoms with E-state index in [1.165, 1.54) is 6.21 Å². The Morgan fingerprint density at radius 2 is 1.92 bits per heavy atom. The van der Waals surface area contributed by atoms with E-state index in [4.69, 9.17) is 27.9 Å². The molecule has 0 aliphatic carbocycles. The highest BCUT2D eigenvalue weighted by molar-refractivity contribution is 6.42. The van der Waals surface area contributed by atoms with Crippen LogP contribution in [0.15, 0.2) is 47.6 Å². The Labute approximate surface area is 161 Å². The molecule has 0 aliphatic rings. The summed E-state index contributed by atoms with van der Waals surface area (Å²) in [5.74, 6) is -0.937. The number of halogens is 2. The molecule has 2 aromatic rings. The van der Waals surface area contributed by atoms with Gasteiger partial charge in [-0.15, -0.1) is 0 Å². The molecule has 0 bridgehead atoms. The van der Waals surface area contributed by atoms with Crippen LogP contribution in [0.1, 0.15) is 18.1 Å². The first-order chi connectivity index (χ1) is 12.5. The van der Waals surface area contributed by atoms with Gasteiger partial charge >= 0.3 is 11.8 Å². The fraction of sp³-hybridized carbons (Fsp3) is 0.167. The lowest BCUT2D eigenvalue weighted by Gasteiger charge is -2.08. The molecular formula is C18H17Cl2N3O3. The number of hydrogen-bond donors (Lipinski definition) is 2. The third-order valence-corrected chi connectivity index (χ3v) is 3.91. The Balaban J connectivity index is 1.92. The van der Waals surface area contributed by atoms with Crippen molar-refractivity contribution in [3.8, 4) is 5.75 Å². The summed E-state index contributed by atoms with van der Waals surface area (Å²) >= 11 is 11.9. The number of amides is 2. The molecule has 0 saturated heterocycles. The molecule has 2 amide bonds. The second-order valence-electron chi connectivity index (χ2n) is 5.17. The molecule has 0 spiro atoms. The van der Waals surface area contributed by atoms with Gasteiger partial charge in [-0.2, -0.15) is 5.10 Å². The van der Waals surface area contributed by atoms with E-state index >= 15 is 0 Å². The molecular weight excluding hydrogens is 377 g/mol. The van der Waals surface area contributed by atoms with Gasteiger partial charge in [0, 0.05) is 6.54 Å². The van der Waals surface area contributed by atoms with Crippen LogP contribution in [0, 0.1) is 0 Å². The van der Waals surface area contributed by atoms with Crippen LogP contribution in [0.3, 0.4) is 0 Å². The summed E-state index contributed by atoms with van der Waals surface area (Å²) in [6.45, 7) is 2.41. The standard InChI is InChI=1S/C18H17Cl2N3O3/c1-2-21-17(24)18(25)23-22-10-12-4-3-5-14(8-12)26-11-13-6-7-15(19)16(20)9-13/h3-10H,2,11H2,1H3,(H,21,24)(H,23,25)/b22-10-. The molecule has 2 aromatic carbocycles. The third kappa shape index (κ3) is 6.06. The number of rotatable bonds is 6. The van der Waals surface area contributed by atoms with E-state index < -0.39 is 11.8 Å². The molecule has 2 N–H and O–H groups in total. The van der Waals surface area contributed by atoms with Crippen molar-refractivity contribution in [2.45, 2.75) is 13.5 Å². The Hall–Kier alpha value is -2.57. The van der Waals surface area contributed by atoms with Gasteiger partial charge < -0.3 is 10.1 Å². The summed E-state index contributed by atoms with van der Waals surface area (Å²) in [5, 5.41) is 7.09. The molecule has 8 heteroatoms. The smallest absolute Gasteiger partial charge is 0.329 e. The van der Waals surface area contributed by atoms with E-state index in [-0.39, 0.29) is 0 Å². The van der Waals surface area contributed by atoms with Crippen LogP contribution < -0.4 is 15.5 Å². The molecule has 2 rings (SSSR count). The van der Waals surface area contributed by atoms with E-state index in [2.05, 4.69) is 15.8 Å². The van der Waals surface area contributed by atoms with Crippen molar-refractivity contribution in [2.24, 2.45) is 5.10 Å². The second-order valence-corrected chi connectivity index (χ2v) is 5.98. The number of likely N-dealkylation sites (N-methyl/N-ethyl adjacent to an activating group) is 1. The molecule has 0 aliphatic heterocycles. The summed E-state index contributed by atoms with van der Waals surface area (Å²) in [4.78, 5) is 22.7. The van der Waals surface area contributed by atoms with Gasteiger partial charge in [-0.25, -0.2) is 5.43 Å². The Morgan fingerprint density at radius 1 is 1.12 bits per heavy atom. The van der Waals surface area contributed by atoms with Gasteiger partial charge in [0.1, 0.15) is 12.4 Å². The van der Waals surface area contributed by atoms with E-state index in [1.807, 2.05) is 6.07 Å². The fourth-order valence-electron chi connectivity index (χ4n) is 1.94. The zero-order valence-corrected chi connectivity index (χ0v) is 15.5. The van der Waals surface area contributed by atoms with Crippen molar-refractivity contribution >= 4 is 41.2 Å². The highest BCUT2D eigenvalue weighted by atomic mass is 35.5. The maximum absolute atomic E-state index is 11.4. The average Bonchev–Trinajstić information content (AvgIpc) is 2.63. The van der Waals surface area contributed by atoms with E-state index in [0.717, 1.165) is 5.56 Å². The monoisotopic (exact) mass is 393 g/mol. The van der Waals surface area contributed by atoms with Crippen molar-refractivity contribution < 1.29 is 14.3 Å². The lowest BCUT2D eigenvalue weighted by atomic mass is 10.2. The topological polar surface area (TPSA) is 79.8 Å². The van der Waals surface area contributed by atoms with Crippen LogP contribution in [0.5, 0.6) is 5.75 Å². The summed E-state index contributed by atoms with van der Waals surface area (Å²) in [7, 11) is 0. The second kappa shape index (κ2) is 9.79. The molecule has 136 valence electrons.